The third-order valence-electron chi connectivity index (χ3n) is 3.29. The average molecular weight is 368 g/mol. The number of nitrogens with one attached hydrogen (secondary N) is 1. The molecule has 26 heavy (non-hydrogen) atoms. The second-order valence-corrected chi connectivity index (χ2v) is 6.01. The number of hydrazone groups is 1. The van der Waals surface area contributed by atoms with E-state index >= 15 is 0 Å². The summed E-state index contributed by atoms with van der Waals surface area (Å²) in [6.07, 6.45) is 1.57. The van der Waals surface area contributed by atoms with E-state index in [1.165, 1.54) is 11.8 Å². The Hall–Kier alpha value is -3.20. The number of carbonyl (C=O) groups is 1. The average Bonchev–Trinajstić information content (AvgIpc) is 3.16. The maximum Gasteiger partial charge on any atom is 0.250 e. The number of hydrogen-bond acceptors (Lipinski definition) is 7. The molecule has 0 atom stereocenters. The molecule has 0 spiro atoms. The highest BCUT2D eigenvalue weighted by Crippen LogP contribution is 2.17. The van der Waals surface area contributed by atoms with Gasteiger partial charge in [-0.2, -0.15) is 9.78 Å². The molecule has 2 aromatic carbocycles. The summed E-state index contributed by atoms with van der Waals surface area (Å²) in [5.41, 5.74) is 4.17. The molecule has 0 aliphatic carbocycles. The predicted molar refractivity (Wildman–Crippen MR) is 98.6 cm³/mol. The van der Waals surface area contributed by atoms with Crippen molar-refractivity contribution in [3.05, 3.63) is 60.2 Å². The second-order valence-electron chi connectivity index (χ2n) is 5.06. The van der Waals surface area contributed by atoms with E-state index in [9.17, 15) is 4.79 Å². The van der Waals surface area contributed by atoms with Crippen LogP contribution in [0.2, 0.25) is 0 Å². The molecule has 1 N–H and O–H groups in total. The van der Waals surface area contributed by atoms with Gasteiger partial charge in [0.25, 0.3) is 5.91 Å². The Kier molecular flexibility index (Phi) is 5.94. The minimum absolute atomic E-state index is 0.146. The van der Waals surface area contributed by atoms with Gasteiger partial charge in [-0.25, -0.2) is 5.43 Å². The van der Waals surface area contributed by atoms with Crippen LogP contribution >= 0.6 is 11.8 Å². The zero-order chi connectivity index (χ0) is 18.2. The van der Waals surface area contributed by atoms with Crippen LogP contribution in [0.25, 0.3) is 5.69 Å². The van der Waals surface area contributed by atoms with Crippen LogP contribution in [0, 0.1) is 0 Å². The van der Waals surface area contributed by atoms with Gasteiger partial charge in [0, 0.05) is 0 Å². The third kappa shape index (κ3) is 4.67. The minimum Gasteiger partial charge on any atom is -0.497 e. The van der Waals surface area contributed by atoms with Crippen molar-refractivity contribution < 1.29 is 9.53 Å². The van der Waals surface area contributed by atoms with Gasteiger partial charge in [-0.3, -0.25) is 4.79 Å². The van der Waals surface area contributed by atoms with Crippen molar-refractivity contribution >= 4 is 23.9 Å². The van der Waals surface area contributed by atoms with E-state index in [0.29, 0.717) is 5.16 Å². The maximum absolute atomic E-state index is 11.9. The van der Waals surface area contributed by atoms with Crippen molar-refractivity contribution in [2.45, 2.75) is 5.16 Å². The molecule has 1 amide bonds. The summed E-state index contributed by atoms with van der Waals surface area (Å²) < 4.78 is 6.67. The summed E-state index contributed by atoms with van der Waals surface area (Å²) in [6.45, 7) is 0. The van der Waals surface area contributed by atoms with Crippen LogP contribution in [-0.4, -0.2) is 45.2 Å². The van der Waals surface area contributed by atoms with Crippen LogP contribution in [0.1, 0.15) is 5.56 Å². The van der Waals surface area contributed by atoms with Crippen LogP contribution in [0.4, 0.5) is 0 Å². The Balaban J connectivity index is 1.52. The first kappa shape index (κ1) is 17.6. The Morgan fingerprint density at radius 2 is 2.00 bits per heavy atom. The van der Waals surface area contributed by atoms with Gasteiger partial charge in [-0.1, -0.05) is 30.0 Å². The number of tetrazole rings is 1. The van der Waals surface area contributed by atoms with Gasteiger partial charge in [0.05, 0.1) is 24.8 Å². The molecular formula is C17H16N6O2S. The number of benzene rings is 2. The van der Waals surface area contributed by atoms with E-state index in [-0.39, 0.29) is 11.7 Å². The predicted octanol–water partition coefficient (Wildman–Crippen LogP) is 1.91. The van der Waals surface area contributed by atoms with Gasteiger partial charge >= 0.3 is 0 Å². The fourth-order valence-corrected chi connectivity index (χ4v) is 2.71. The number of carbonyl (C=O) groups excluding carboxylic acids is 1. The van der Waals surface area contributed by atoms with Crippen molar-refractivity contribution in [2.24, 2.45) is 5.10 Å². The molecule has 9 heteroatoms. The lowest BCUT2D eigenvalue weighted by Gasteiger charge is -2.03. The first-order valence-corrected chi connectivity index (χ1v) is 8.67. The number of ether oxygens (including phenoxy) is 1. The Morgan fingerprint density at radius 3 is 2.73 bits per heavy atom. The topological polar surface area (TPSA) is 94.3 Å². The molecule has 0 aliphatic heterocycles. The van der Waals surface area contributed by atoms with E-state index in [1.54, 1.807) is 18.0 Å². The zero-order valence-electron chi connectivity index (χ0n) is 13.9. The summed E-state index contributed by atoms with van der Waals surface area (Å²) >= 11 is 1.23. The number of hydrogen-bond donors (Lipinski definition) is 1. The summed E-state index contributed by atoms with van der Waals surface area (Å²) in [4.78, 5) is 11.9. The molecule has 0 fully saturated rings. The lowest BCUT2D eigenvalue weighted by Crippen LogP contribution is -2.20. The van der Waals surface area contributed by atoms with Crippen molar-refractivity contribution in [3.8, 4) is 11.4 Å². The first-order chi connectivity index (χ1) is 12.8. The van der Waals surface area contributed by atoms with Gasteiger partial charge in [-0.05, 0) is 52.4 Å². The smallest absolute Gasteiger partial charge is 0.250 e. The number of nitrogens with zero attached hydrogens (tertiary/aromatic N) is 5. The highest BCUT2D eigenvalue weighted by Gasteiger charge is 2.10. The van der Waals surface area contributed by atoms with E-state index in [2.05, 4.69) is 26.1 Å². The van der Waals surface area contributed by atoms with Crippen molar-refractivity contribution in [2.75, 3.05) is 12.9 Å². The largest absolute Gasteiger partial charge is 0.497 e. The van der Waals surface area contributed by atoms with E-state index in [0.717, 1.165) is 17.0 Å². The lowest BCUT2D eigenvalue weighted by atomic mass is 10.2. The number of rotatable bonds is 7. The Labute approximate surface area is 154 Å². The Bertz CT molecular complexity index is 880. The SMILES string of the molecule is COc1ccc(/C=N\NC(=O)CSc2nnnn2-c2ccccc2)cc1. The minimum atomic E-state index is -0.248. The fourth-order valence-electron chi connectivity index (χ4n) is 2.03. The normalized spacial score (nSPS) is 10.8. The molecule has 132 valence electrons. The third-order valence-corrected chi connectivity index (χ3v) is 4.21. The summed E-state index contributed by atoms with van der Waals surface area (Å²) in [6, 6.07) is 16.8. The molecule has 0 saturated carbocycles. The fraction of sp³-hybridized carbons (Fsp3) is 0.118. The van der Waals surface area contributed by atoms with Gasteiger partial charge in [-0.15, -0.1) is 5.10 Å². The van der Waals surface area contributed by atoms with Crippen LogP contribution in [0.3, 0.4) is 0 Å². The molecule has 0 bridgehead atoms. The van der Waals surface area contributed by atoms with E-state index < -0.39 is 0 Å². The lowest BCUT2D eigenvalue weighted by molar-refractivity contribution is -0.118. The molecule has 3 rings (SSSR count). The highest BCUT2D eigenvalue weighted by molar-refractivity contribution is 7.99. The number of aromatic nitrogens is 4. The van der Waals surface area contributed by atoms with Crippen molar-refractivity contribution in [1.29, 1.82) is 0 Å². The van der Waals surface area contributed by atoms with Crippen LogP contribution < -0.4 is 10.2 Å². The molecule has 1 aromatic heterocycles. The molecule has 0 saturated heterocycles. The zero-order valence-corrected chi connectivity index (χ0v) is 14.8. The molecule has 0 unspecified atom stereocenters. The van der Waals surface area contributed by atoms with Crippen LogP contribution in [-0.2, 0) is 4.79 Å². The first-order valence-electron chi connectivity index (χ1n) is 7.69. The Morgan fingerprint density at radius 1 is 1.23 bits per heavy atom. The van der Waals surface area contributed by atoms with Crippen molar-refractivity contribution in [3.63, 3.8) is 0 Å². The number of amides is 1. The standard InChI is InChI=1S/C17H16N6O2S/c1-25-15-9-7-13(8-10-15)11-18-19-16(24)12-26-17-20-21-22-23(17)14-5-3-2-4-6-14/h2-11H,12H2,1H3,(H,19,24)/b18-11-. The van der Waals surface area contributed by atoms with Crippen LogP contribution in [0.5, 0.6) is 5.75 Å². The van der Waals surface area contributed by atoms with Gasteiger partial charge in [0.15, 0.2) is 0 Å². The molecule has 3 aromatic rings. The summed E-state index contributed by atoms with van der Waals surface area (Å²) in [7, 11) is 1.61. The number of methoxy groups -OCH3 is 1. The monoisotopic (exact) mass is 368 g/mol. The van der Waals surface area contributed by atoms with Crippen LogP contribution in [0.15, 0.2) is 64.9 Å². The summed E-state index contributed by atoms with van der Waals surface area (Å²) in [5.74, 6) is 0.661. The van der Waals surface area contributed by atoms with Crippen molar-refractivity contribution in [1.82, 2.24) is 25.6 Å². The van der Waals surface area contributed by atoms with Gasteiger partial charge in [0.1, 0.15) is 5.75 Å². The van der Waals surface area contributed by atoms with Gasteiger partial charge in [0.2, 0.25) is 5.16 Å². The molecule has 0 aliphatic rings. The highest BCUT2D eigenvalue weighted by atomic mass is 32.2. The maximum atomic E-state index is 11.9. The molecule has 8 nitrogen and oxygen atoms in total. The van der Waals surface area contributed by atoms with E-state index in [1.807, 2.05) is 54.6 Å². The molecule has 0 radical (unpaired) electrons. The quantitative estimate of drug-likeness (QED) is 0.389. The van der Waals surface area contributed by atoms with Gasteiger partial charge < -0.3 is 4.74 Å². The number of para-hydroxylation sites is 1. The van der Waals surface area contributed by atoms with E-state index in [4.69, 9.17) is 4.74 Å². The summed E-state index contributed by atoms with van der Waals surface area (Å²) in [5, 5.41) is 16.0. The molecular weight excluding hydrogens is 352 g/mol. The molecule has 1 heterocycles. The second kappa shape index (κ2) is 8.77. The number of thioether (sulfide) groups is 1.